The van der Waals surface area contributed by atoms with Gasteiger partial charge in [-0.15, -0.1) is 0 Å². The van der Waals surface area contributed by atoms with Crippen LogP contribution in [0.5, 0.6) is 0 Å². The Morgan fingerprint density at radius 3 is 1.47 bits per heavy atom. The first kappa shape index (κ1) is 19.2. The van der Waals surface area contributed by atoms with Gasteiger partial charge in [0, 0.05) is 0 Å². The van der Waals surface area contributed by atoms with Crippen LogP contribution in [-0.4, -0.2) is 11.0 Å². The lowest BCUT2D eigenvalue weighted by Crippen LogP contribution is -1.95. The molecule has 0 saturated carbocycles. The minimum Gasteiger partial charge on any atom is -0.479 e. The van der Waals surface area contributed by atoms with Gasteiger partial charge in [0.05, 0.1) is 6.61 Å². The summed E-state index contributed by atoms with van der Waals surface area (Å²) in [5.74, 6) is 0. The van der Waals surface area contributed by atoms with Gasteiger partial charge in [-0.3, -0.25) is 0 Å². The fourth-order valence-corrected chi connectivity index (χ4v) is 2.45. The summed E-state index contributed by atoms with van der Waals surface area (Å²) in [6.07, 6.45) is 17.9. The van der Waals surface area contributed by atoms with Gasteiger partial charge in [-0.1, -0.05) is 96.6 Å². The van der Waals surface area contributed by atoms with Crippen LogP contribution in [0.15, 0.2) is 0 Å². The van der Waals surface area contributed by atoms with Gasteiger partial charge in [-0.2, -0.15) is 0 Å². The van der Waals surface area contributed by atoms with E-state index in [0.717, 1.165) is 13.0 Å². The first-order valence-electron chi connectivity index (χ1n) is 8.13. The van der Waals surface area contributed by atoms with Crippen molar-refractivity contribution < 1.29 is 4.74 Å². The first-order chi connectivity index (χ1) is 9.27. The average Bonchev–Trinajstić information content (AvgIpc) is 2.39. The molecule has 0 atom stereocenters. The molecule has 0 aromatic carbocycles. The van der Waals surface area contributed by atoms with Crippen molar-refractivity contribution in [2.75, 3.05) is 6.61 Å². The Hall–Kier alpha value is 0.240. The second kappa shape index (κ2) is 16.3. The van der Waals surface area contributed by atoms with E-state index in [2.05, 4.69) is 19.6 Å². The molecule has 3 heteroatoms. The zero-order valence-corrected chi connectivity index (χ0v) is 14.4. The van der Waals surface area contributed by atoms with Crippen molar-refractivity contribution in [2.45, 2.75) is 90.4 Å². The summed E-state index contributed by atoms with van der Waals surface area (Å²) in [5.41, 5.74) is 0. The molecule has 0 rings (SSSR count). The van der Waals surface area contributed by atoms with Crippen LogP contribution in [0.2, 0.25) is 0 Å². The summed E-state index contributed by atoms with van der Waals surface area (Å²) in [6.45, 7) is 3.01. The molecule has 0 aliphatic heterocycles. The van der Waals surface area contributed by atoms with Gasteiger partial charge in [-0.25, -0.2) is 0 Å². The van der Waals surface area contributed by atoms with E-state index in [4.69, 9.17) is 17.0 Å². The highest BCUT2D eigenvalue weighted by molar-refractivity contribution is 8.10. The number of thiol groups is 1. The lowest BCUT2D eigenvalue weighted by molar-refractivity contribution is 0.308. The molecule has 0 unspecified atom stereocenters. The van der Waals surface area contributed by atoms with Crippen LogP contribution < -0.4 is 0 Å². The Morgan fingerprint density at radius 1 is 0.737 bits per heavy atom. The van der Waals surface area contributed by atoms with E-state index in [1.165, 1.54) is 77.0 Å². The third-order valence-corrected chi connectivity index (χ3v) is 3.72. The van der Waals surface area contributed by atoms with Gasteiger partial charge >= 0.3 is 0 Å². The maximum atomic E-state index is 5.14. The summed E-state index contributed by atoms with van der Waals surface area (Å²) in [6, 6.07) is 0. The minimum absolute atomic E-state index is 0.374. The molecule has 0 aliphatic carbocycles. The van der Waals surface area contributed by atoms with E-state index in [1.807, 2.05) is 0 Å². The number of rotatable bonds is 14. The molecule has 0 amide bonds. The fraction of sp³-hybridized carbons (Fsp3) is 0.938. The monoisotopic (exact) mass is 304 g/mol. The van der Waals surface area contributed by atoms with Crippen molar-refractivity contribution >= 4 is 29.2 Å². The van der Waals surface area contributed by atoms with E-state index >= 15 is 0 Å². The SMILES string of the molecule is CCCCCCCCCCCCCCCOC(=S)S. The van der Waals surface area contributed by atoms with Gasteiger partial charge in [0.25, 0.3) is 0 Å². The molecule has 0 bridgehead atoms. The quantitative estimate of drug-likeness (QED) is 0.229. The summed E-state index contributed by atoms with van der Waals surface area (Å²) in [7, 11) is 0. The molecule has 0 aliphatic rings. The van der Waals surface area contributed by atoms with Crippen molar-refractivity contribution in [3.63, 3.8) is 0 Å². The van der Waals surface area contributed by atoms with E-state index in [-0.39, 0.29) is 0 Å². The van der Waals surface area contributed by atoms with Crippen molar-refractivity contribution in [1.29, 1.82) is 0 Å². The number of unbranched alkanes of at least 4 members (excludes halogenated alkanes) is 12. The third kappa shape index (κ3) is 18.2. The van der Waals surface area contributed by atoms with Crippen LogP contribution in [0.1, 0.15) is 90.4 Å². The second-order valence-electron chi connectivity index (χ2n) is 5.36. The van der Waals surface area contributed by atoms with Gasteiger partial charge in [-0.05, 0) is 18.6 Å². The molecular formula is C16H32OS2. The number of hydrogen-bond acceptors (Lipinski definition) is 2. The van der Waals surface area contributed by atoms with E-state index in [1.54, 1.807) is 0 Å². The summed E-state index contributed by atoms with van der Waals surface area (Å²) in [4.78, 5) is 0. The highest BCUT2D eigenvalue weighted by Crippen LogP contribution is 2.12. The van der Waals surface area contributed by atoms with E-state index < -0.39 is 0 Å². The molecular weight excluding hydrogens is 272 g/mol. The van der Waals surface area contributed by atoms with Crippen LogP contribution >= 0.6 is 24.8 Å². The molecule has 0 spiro atoms. The molecule has 0 radical (unpaired) electrons. The molecule has 1 nitrogen and oxygen atoms in total. The predicted octanol–water partition coefficient (Wildman–Crippen LogP) is 6.31. The smallest absolute Gasteiger partial charge is 0.216 e. The Balaban J connectivity index is 2.93. The van der Waals surface area contributed by atoms with E-state index in [9.17, 15) is 0 Å². The highest BCUT2D eigenvalue weighted by atomic mass is 32.1. The van der Waals surface area contributed by atoms with Crippen molar-refractivity contribution in [3.8, 4) is 0 Å². The summed E-state index contributed by atoms with van der Waals surface area (Å²) < 4.78 is 5.51. The van der Waals surface area contributed by atoms with Gasteiger partial charge in [0.15, 0.2) is 0 Å². The Kier molecular flexibility index (Phi) is 16.5. The van der Waals surface area contributed by atoms with E-state index in [0.29, 0.717) is 4.38 Å². The van der Waals surface area contributed by atoms with Crippen LogP contribution in [0.4, 0.5) is 0 Å². The van der Waals surface area contributed by atoms with Crippen molar-refractivity contribution in [1.82, 2.24) is 0 Å². The third-order valence-electron chi connectivity index (χ3n) is 3.47. The van der Waals surface area contributed by atoms with Gasteiger partial charge in [0.1, 0.15) is 0 Å². The average molecular weight is 305 g/mol. The summed E-state index contributed by atoms with van der Waals surface area (Å²) in [5, 5.41) is 0. The lowest BCUT2D eigenvalue weighted by atomic mass is 10.0. The molecule has 0 aromatic heterocycles. The standard InChI is InChI=1S/C16H32OS2/c1-2-3-4-5-6-7-8-9-10-11-12-13-14-15-17-16(18)19/h2-15H2,1H3,(H,18,19). The van der Waals surface area contributed by atoms with Crippen LogP contribution in [0, 0.1) is 0 Å². The maximum absolute atomic E-state index is 5.14. The first-order valence-corrected chi connectivity index (χ1v) is 8.98. The van der Waals surface area contributed by atoms with Crippen molar-refractivity contribution in [3.05, 3.63) is 0 Å². The molecule has 19 heavy (non-hydrogen) atoms. The normalized spacial score (nSPS) is 10.6. The molecule has 0 aromatic rings. The molecule has 0 saturated heterocycles. The van der Waals surface area contributed by atoms with Crippen LogP contribution in [-0.2, 0) is 4.74 Å². The molecule has 114 valence electrons. The Labute approximate surface area is 131 Å². The Bertz CT molecular complexity index is 195. The fourth-order valence-electron chi connectivity index (χ4n) is 2.28. The zero-order valence-electron chi connectivity index (χ0n) is 12.7. The molecule has 0 fully saturated rings. The summed E-state index contributed by atoms with van der Waals surface area (Å²) >= 11 is 8.66. The van der Waals surface area contributed by atoms with Crippen LogP contribution in [0.25, 0.3) is 0 Å². The second-order valence-corrected chi connectivity index (χ2v) is 6.44. The minimum atomic E-state index is 0.374. The zero-order chi connectivity index (χ0) is 14.2. The van der Waals surface area contributed by atoms with Crippen LogP contribution in [0.3, 0.4) is 0 Å². The predicted molar refractivity (Wildman–Crippen MR) is 93.2 cm³/mol. The number of thiocarbonyl (C=S) groups is 1. The van der Waals surface area contributed by atoms with Gasteiger partial charge in [0.2, 0.25) is 4.38 Å². The molecule has 0 N–H and O–H groups in total. The lowest BCUT2D eigenvalue weighted by Gasteiger charge is -2.04. The number of ether oxygens (including phenoxy) is 1. The Morgan fingerprint density at radius 2 is 1.11 bits per heavy atom. The van der Waals surface area contributed by atoms with Gasteiger partial charge < -0.3 is 4.74 Å². The van der Waals surface area contributed by atoms with Crippen molar-refractivity contribution in [2.24, 2.45) is 0 Å². The maximum Gasteiger partial charge on any atom is 0.216 e. The topological polar surface area (TPSA) is 9.23 Å². The largest absolute Gasteiger partial charge is 0.479 e. The molecule has 0 heterocycles. The number of hydrogen-bond donors (Lipinski definition) is 1. The highest BCUT2D eigenvalue weighted by Gasteiger charge is 1.94.